The summed E-state index contributed by atoms with van der Waals surface area (Å²) in [6.07, 6.45) is 2.00. The Morgan fingerprint density at radius 1 is 1.36 bits per heavy atom. The first-order valence-corrected chi connectivity index (χ1v) is 8.02. The van der Waals surface area contributed by atoms with Crippen LogP contribution in [0.4, 0.5) is 0 Å². The molecule has 2 atom stereocenters. The Hall–Kier alpha value is -2.90. The van der Waals surface area contributed by atoms with E-state index < -0.39 is 5.97 Å². The molecule has 0 aliphatic carbocycles. The molecule has 8 heteroatoms. The number of rotatable bonds is 4. The molecule has 2 unspecified atom stereocenters. The highest BCUT2D eigenvalue weighted by Crippen LogP contribution is 2.34. The molecule has 3 rings (SSSR count). The van der Waals surface area contributed by atoms with Crippen molar-refractivity contribution in [1.29, 1.82) is 0 Å². The summed E-state index contributed by atoms with van der Waals surface area (Å²) < 4.78 is 6.54. The van der Waals surface area contributed by atoms with Crippen LogP contribution in [-0.2, 0) is 17.8 Å². The van der Waals surface area contributed by atoms with Crippen molar-refractivity contribution in [3.63, 3.8) is 0 Å². The summed E-state index contributed by atoms with van der Waals surface area (Å²) in [5.41, 5.74) is 2.10. The average Bonchev–Trinajstić information content (AvgIpc) is 3.03. The van der Waals surface area contributed by atoms with Crippen LogP contribution in [0.1, 0.15) is 41.5 Å². The summed E-state index contributed by atoms with van der Waals surface area (Å²) in [5.74, 6) is -0.480. The Balaban J connectivity index is 1.81. The Labute approximate surface area is 145 Å². The maximum Gasteiger partial charge on any atom is 0.358 e. The van der Waals surface area contributed by atoms with Crippen molar-refractivity contribution in [3.05, 3.63) is 41.2 Å². The van der Waals surface area contributed by atoms with Crippen LogP contribution in [0.5, 0.6) is 5.75 Å². The van der Waals surface area contributed by atoms with Gasteiger partial charge in [0.15, 0.2) is 5.69 Å². The number of carbonyl (C=O) groups excluding carboxylic acids is 1. The molecule has 8 nitrogen and oxygen atoms in total. The van der Waals surface area contributed by atoms with E-state index in [0.717, 1.165) is 17.7 Å². The lowest BCUT2D eigenvalue weighted by Crippen LogP contribution is -2.46. The van der Waals surface area contributed by atoms with E-state index in [9.17, 15) is 9.59 Å². The third-order valence-electron chi connectivity index (χ3n) is 4.55. The smallest absolute Gasteiger partial charge is 0.358 e. The molecule has 25 heavy (non-hydrogen) atoms. The van der Waals surface area contributed by atoms with Crippen LogP contribution in [0.25, 0.3) is 0 Å². The van der Waals surface area contributed by atoms with E-state index in [4.69, 9.17) is 9.84 Å². The van der Waals surface area contributed by atoms with E-state index in [1.165, 1.54) is 16.4 Å². The van der Waals surface area contributed by atoms with Gasteiger partial charge in [0, 0.05) is 6.04 Å². The number of hydrogen-bond acceptors (Lipinski definition) is 5. The highest BCUT2D eigenvalue weighted by molar-refractivity contribution is 5.85. The zero-order valence-electron chi connectivity index (χ0n) is 14.3. The molecule has 1 aliphatic heterocycles. The molecule has 0 saturated carbocycles. The van der Waals surface area contributed by atoms with E-state index in [2.05, 4.69) is 10.3 Å². The van der Waals surface area contributed by atoms with Gasteiger partial charge in [-0.25, -0.2) is 9.48 Å². The number of carboxylic acids is 1. The van der Waals surface area contributed by atoms with Gasteiger partial charge in [-0.1, -0.05) is 11.3 Å². The van der Waals surface area contributed by atoms with Gasteiger partial charge in [0.05, 0.1) is 19.3 Å². The average molecular weight is 344 g/mol. The number of aromatic carboxylic acids is 1. The van der Waals surface area contributed by atoms with Crippen molar-refractivity contribution in [2.45, 2.75) is 38.9 Å². The molecule has 1 aromatic heterocycles. The molecular formula is C17H20N4O4. The number of carboxylic acid groups (broad SMARTS) is 1. The molecule has 0 saturated heterocycles. The van der Waals surface area contributed by atoms with Crippen molar-refractivity contribution in [3.8, 4) is 5.75 Å². The number of fused-ring (bicyclic) bond motifs is 1. The predicted molar refractivity (Wildman–Crippen MR) is 88.4 cm³/mol. The number of amides is 1. The Morgan fingerprint density at radius 3 is 2.76 bits per heavy atom. The summed E-state index contributed by atoms with van der Waals surface area (Å²) in [4.78, 5) is 25.5. The minimum Gasteiger partial charge on any atom is -0.497 e. The number of hydrogen-bond donors (Lipinski definition) is 1. The molecule has 0 radical (unpaired) electrons. The lowest BCUT2D eigenvalue weighted by molar-refractivity contribution is -0.137. The highest BCUT2D eigenvalue weighted by Gasteiger charge is 2.33. The number of nitrogens with zero attached hydrogens (tertiary/aromatic N) is 4. The van der Waals surface area contributed by atoms with Gasteiger partial charge in [0.1, 0.15) is 12.3 Å². The molecule has 1 aliphatic rings. The van der Waals surface area contributed by atoms with Crippen LogP contribution in [0.2, 0.25) is 0 Å². The first-order chi connectivity index (χ1) is 11.9. The van der Waals surface area contributed by atoms with E-state index in [1.807, 2.05) is 36.9 Å². The standard InChI is InChI=1S/C17H20N4O4/c1-10-6-12-7-13(25-3)4-5-14(12)11(2)21(10)16(22)9-20-8-15(17(23)24)18-19-20/h4-5,7-8,10-11H,6,9H2,1-3H3,(H,23,24). The van der Waals surface area contributed by atoms with Gasteiger partial charge in [0.25, 0.3) is 0 Å². The molecule has 2 heterocycles. The molecule has 1 amide bonds. The lowest BCUT2D eigenvalue weighted by atomic mass is 9.89. The lowest BCUT2D eigenvalue weighted by Gasteiger charge is -2.40. The van der Waals surface area contributed by atoms with Crippen LogP contribution in [-0.4, -0.2) is 50.0 Å². The molecule has 1 aromatic carbocycles. The van der Waals surface area contributed by atoms with Gasteiger partial charge < -0.3 is 14.7 Å². The molecule has 0 fully saturated rings. The minimum absolute atomic E-state index is 0.0181. The summed E-state index contributed by atoms with van der Waals surface area (Å²) in [6, 6.07) is 5.83. The maximum atomic E-state index is 12.8. The van der Waals surface area contributed by atoms with Crippen molar-refractivity contribution >= 4 is 11.9 Å². The third-order valence-corrected chi connectivity index (χ3v) is 4.55. The summed E-state index contributed by atoms with van der Waals surface area (Å²) in [5, 5.41) is 16.1. The maximum absolute atomic E-state index is 12.8. The van der Waals surface area contributed by atoms with Crippen molar-refractivity contribution in [1.82, 2.24) is 19.9 Å². The van der Waals surface area contributed by atoms with Crippen molar-refractivity contribution in [2.75, 3.05) is 7.11 Å². The molecule has 0 spiro atoms. The fraction of sp³-hybridized carbons (Fsp3) is 0.412. The first-order valence-electron chi connectivity index (χ1n) is 8.02. The van der Waals surface area contributed by atoms with Crippen LogP contribution in [0, 0.1) is 0 Å². The quantitative estimate of drug-likeness (QED) is 0.903. The third kappa shape index (κ3) is 3.19. The molecule has 0 bridgehead atoms. The van der Waals surface area contributed by atoms with Crippen molar-refractivity contribution in [2.24, 2.45) is 0 Å². The number of aromatic nitrogens is 3. The Kier molecular flexibility index (Phi) is 4.43. The van der Waals surface area contributed by atoms with Gasteiger partial charge >= 0.3 is 5.97 Å². The van der Waals surface area contributed by atoms with Crippen LogP contribution >= 0.6 is 0 Å². The normalized spacial score (nSPS) is 19.4. The summed E-state index contributed by atoms with van der Waals surface area (Å²) in [7, 11) is 1.64. The van der Waals surface area contributed by atoms with Gasteiger partial charge in [-0.05, 0) is 43.5 Å². The fourth-order valence-corrected chi connectivity index (χ4v) is 3.40. The second-order valence-corrected chi connectivity index (χ2v) is 6.20. The van der Waals surface area contributed by atoms with Crippen LogP contribution < -0.4 is 4.74 Å². The van der Waals surface area contributed by atoms with Gasteiger partial charge in [0.2, 0.25) is 5.91 Å². The highest BCUT2D eigenvalue weighted by atomic mass is 16.5. The molecule has 2 aromatic rings. The van der Waals surface area contributed by atoms with Gasteiger partial charge in [-0.2, -0.15) is 0 Å². The zero-order chi connectivity index (χ0) is 18.1. The Bertz CT molecular complexity index is 817. The topological polar surface area (TPSA) is 97.5 Å². The van der Waals surface area contributed by atoms with Crippen molar-refractivity contribution < 1.29 is 19.4 Å². The van der Waals surface area contributed by atoms with E-state index in [1.54, 1.807) is 7.11 Å². The first kappa shape index (κ1) is 16.9. The Morgan fingerprint density at radius 2 is 2.12 bits per heavy atom. The largest absolute Gasteiger partial charge is 0.497 e. The van der Waals surface area contributed by atoms with E-state index >= 15 is 0 Å². The van der Waals surface area contributed by atoms with E-state index in [0.29, 0.717) is 0 Å². The molecular weight excluding hydrogens is 324 g/mol. The molecule has 1 N–H and O–H groups in total. The second-order valence-electron chi connectivity index (χ2n) is 6.20. The fourth-order valence-electron chi connectivity index (χ4n) is 3.40. The monoisotopic (exact) mass is 344 g/mol. The number of methoxy groups -OCH3 is 1. The minimum atomic E-state index is -1.17. The number of carbonyl (C=O) groups is 2. The predicted octanol–water partition coefficient (Wildman–Crippen LogP) is 1.52. The second kappa shape index (κ2) is 6.54. The number of benzene rings is 1. The summed E-state index contributed by atoms with van der Waals surface area (Å²) >= 11 is 0. The summed E-state index contributed by atoms with van der Waals surface area (Å²) in [6.45, 7) is 3.95. The van der Waals surface area contributed by atoms with Gasteiger partial charge in [-0.15, -0.1) is 5.10 Å². The zero-order valence-corrected chi connectivity index (χ0v) is 14.3. The molecule has 132 valence electrons. The van der Waals surface area contributed by atoms with E-state index in [-0.39, 0.29) is 30.2 Å². The van der Waals surface area contributed by atoms with Gasteiger partial charge in [-0.3, -0.25) is 4.79 Å². The SMILES string of the molecule is COc1ccc2c(c1)CC(C)N(C(=O)Cn1cc(C(=O)O)nn1)C2C. The van der Waals surface area contributed by atoms with Crippen LogP contribution in [0.15, 0.2) is 24.4 Å². The van der Waals surface area contributed by atoms with Crippen LogP contribution in [0.3, 0.4) is 0 Å². The number of ether oxygens (including phenoxy) is 1.